The van der Waals surface area contributed by atoms with Gasteiger partial charge in [0.25, 0.3) is 10.0 Å². The van der Waals surface area contributed by atoms with Gasteiger partial charge in [0.2, 0.25) is 5.91 Å². The predicted octanol–water partition coefficient (Wildman–Crippen LogP) is 2.29. The Balaban J connectivity index is 2.02. The van der Waals surface area contributed by atoms with E-state index in [0.717, 1.165) is 21.8 Å². The van der Waals surface area contributed by atoms with Crippen LogP contribution in [0, 0.1) is 13.8 Å². The first-order valence-corrected chi connectivity index (χ1v) is 9.12. The Labute approximate surface area is 139 Å². The maximum Gasteiger partial charge on any atom is 0.250 e. The fourth-order valence-electron chi connectivity index (χ4n) is 1.90. The Morgan fingerprint density at radius 3 is 2.57 bits per heavy atom. The number of thiophene rings is 1. The molecule has 1 amide bonds. The number of benzene rings is 1. The summed E-state index contributed by atoms with van der Waals surface area (Å²) < 4.78 is 31.8. The van der Waals surface area contributed by atoms with Gasteiger partial charge in [-0.15, -0.1) is 11.3 Å². The van der Waals surface area contributed by atoms with Gasteiger partial charge in [0.1, 0.15) is 9.96 Å². The van der Waals surface area contributed by atoms with Crippen LogP contribution in [0.3, 0.4) is 0 Å². The largest absolute Gasteiger partial charge is 0.495 e. The van der Waals surface area contributed by atoms with Gasteiger partial charge in [-0.2, -0.15) is 0 Å². The van der Waals surface area contributed by atoms with Crippen molar-refractivity contribution in [3.05, 3.63) is 40.8 Å². The first-order chi connectivity index (χ1) is 10.8. The summed E-state index contributed by atoms with van der Waals surface area (Å²) in [7, 11) is -2.17. The zero-order chi connectivity index (χ0) is 17.0. The van der Waals surface area contributed by atoms with Crippen molar-refractivity contribution in [3.8, 4) is 5.75 Å². The second-order valence-corrected chi connectivity index (χ2v) is 8.22. The van der Waals surface area contributed by atoms with E-state index in [-0.39, 0.29) is 10.8 Å². The molecule has 0 saturated heterocycles. The molecule has 0 aliphatic heterocycles. The normalized spacial score (nSPS) is 11.3. The summed E-state index contributed by atoms with van der Waals surface area (Å²) in [4.78, 5) is 12.9. The second-order valence-electron chi connectivity index (χ2n) is 4.94. The maximum absolute atomic E-state index is 12.1. The summed E-state index contributed by atoms with van der Waals surface area (Å²) in [5.74, 6) is 0.0476. The molecule has 0 radical (unpaired) electrons. The molecule has 0 bridgehead atoms. The van der Waals surface area contributed by atoms with E-state index in [1.807, 2.05) is 19.9 Å². The van der Waals surface area contributed by atoms with E-state index in [9.17, 15) is 13.2 Å². The number of sulfonamides is 1. The first-order valence-electron chi connectivity index (χ1n) is 6.82. The summed E-state index contributed by atoms with van der Waals surface area (Å²) in [5.41, 5.74) is 1.46. The van der Waals surface area contributed by atoms with Gasteiger partial charge < -0.3 is 10.1 Å². The van der Waals surface area contributed by atoms with Crippen molar-refractivity contribution < 1.29 is 17.9 Å². The number of aryl methyl sites for hydroxylation is 2. The van der Waals surface area contributed by atoms with Crippen molar-refractivity contribution in [2.24, 2.45) is 0 Å². The van der Waals surface area contributed by atoms with Crippen LogP contribution in [0.25, 0.3) is 0 Å². The van der Waals surface area contributed by atoms with Crippen LogP contribution in [-0.4, -0.2) is 28.0 Å². The van der Waals surface area contributed by atoms with Crippen LogP contribution in [0.1, 0.15) is 10.4 Å². The Morgan fingerprint density at radius 1 is 1.22 bits per heavy atom. The van der Waals surface area contributed by atoms with Gasteiger partial charge >= 0.3 is 0 Å². The number of amides is 1. The monoisotopic (exact) mass is 354 g/mol. The molecule has 2 rings (SSSR count). The van der Waals surface area contributed by atoms with E-state index in [0.29, 0.717) is 11.4 Å². The highest BCUT2D eigenvalue weighted by molar-refractivity contribution is 7.91. The predicted molar refractivity (Wildman–Crippen MR) is 90.6 cm³/mol. The van der Waals surface area contributed by atoms with Crippen LogP contribution in [0.4, 0.5) is 5.69 Å². The molecule has 1 heterocycles. The highest BCUT2D eigenvalue weighted by Crippen LogP contribution is 2.25. The molecule has 6 nitrogen and oxygen atoms in total. The molecule has 124 valence electrons. The molecule has 0 spiro atoms. The molecule has 2 N–H and O–H groups in total. The Hall–Kier alpha value is -1.90. The summed E-state index contributed by atoms with van der Waals surface area (Å²) in [5, 5.41) is 2.64. The lowest BCUT2D eigenvalue weighted by Crippen LogP contribution is -2.32. The van der Waals surface area contributed by atoms with Gasteiger partial charge in [-0.1, -0.05) is 6.07 Å². The van der Waals surface area contributed by atoms with Gasteiger partial charge in [0, 0.05) is 4.88 Å². The zero-order valence-electron chi connectivity index (χ0n) is 13.0. The minimum atomic E-state index is -3.67. The van der Waals surface area contributed by atoms with Gasteiger partial charge in [-0.25, -0.2) is 13.1 Å². The average molecular weight is 354 g/mol. The van der Waals surface area contributed by atoms with E-state index < -0.39 is 15.9 Å². The number of methoxy groups -OCH3 is 1. The molecular formula is C15H18N2O4S2. The van der Waals surface area contributed by atoms with Crippen molar-refractivity contribution in [2.75, 3.05) is 19.0 Å². The van der Waals surface area contributed by atoms with Gasteiger partial charge in [0.15, 0.2) is 0 Å². The minimum absolute atomic E-state index is 0.191. The zero-order valence-corrected chi connectivity index (χ0v) is 14.7. The third-order valence-corrected chi connectivity index (χ3v) is 5.93. The average Bonchev–Trinajstić information content (AvgIpc) is 2.93. The van der Waals surface area contributed by atoms with Crippen molar-refractivity contribution in [3.63, 3.8) is 0 Å². The fourth-order valence-corrected chi connectivity index (χ4v) is 4.21. The minimum Gasteiger partial charge on any atom is -0.495 e. The highest BCUT2D eigenvalue weighted by Gasteiger charge is 2.17. The molecule has 1 aromatic heterocycles. The van der Waals surface area contributed by atoms with E-state index in [4.69, 9.17) is 4.74 Å². The third-order valence-electron chi connectivity index (χ3n) is 3.03. The van der Waals surface area contributed by atoms with Crippen molar-refractivity contribution in [1.82, 2.24) is 4.72 Å². The van der Waals surface area contributed by atoms with Gasteiger partial charge in [-0.3, -0.25) is 4.79 Å². The molecular weight excluding hydrogens is 336 g/mol. The summed E-state index contributed by atoms with van der Waals surface area (Å²) >= 11 is 1.16. The molecule has 2 aromatic rings. The number of rotatable bonds is 6. The molecule has 0 saturated carbocycles. The standard InChI is InChI=1S/C15H18N2O4S2/c1-10-4-6-13(21-3)12(8-10)17-14(18)9-16-23(19,20)15-7-5-11(2)22-15/h4-8,16H,9H2,1-3H3,(H,17,18). The van der Waals surface area contributed by atoms with Gasteiger partial charge in [0.05, 0.1) is 19.3 Å². The maximum atomic E-state index is 12.1. The molecule has 23 heavy (non-hydrogen) atoms. The van der Waals surface area contributed by atoms with Crippen LogP contribution in [0.2, 0.25) is 0 Å². The van der Waals surface area contributed by atoms with E-state index in [1.165, 1.54) is 13.2 Å². The number of carbonyl (C=O) groups is 1. The Kier molecular flexibility index (Phi) is 5.40. The van der Waals surface area contributed by atoms with Crippen LogP contribution >= 0.6 is 11.3 Å². The van der Waals surface area contributed by atoms with E-state index >= 15 is 0 Å². The van der Waals surface area contributed by atoms with Crippen LogP contribution in [0.5, 0.6) is 5.75 Å². The third kappa shape index (κ3) is 4.54. The van der Waals surface area contributed by atoms with Gasteiger partial charge in [-0.05, 0) is 43.7 Å². The van der Waals surface area contributed by atoms with E-state index in [1.54, 1.807) is 18.2 Å². The Morgan fingerprint density at radius 2 is 1.96 bits per heavy atom. The number of hydrogen-bond acceptors (Lipinski definition) is 5. The summed E-state index contributed by atoms with van der Waals surface area (Å²) in [6.45, 7) is 3.35. The molecule has 0 atom stereocenters. The number of carbonyl (C=O) groups excluding carboxylic acids is 1. The number of ether oxygens (including phenoxy) is 1. The van der Waals surface area contributed by atoms with Crippen LogP contribution in [-0.2, 0) is 14.8 Å². The lowest BCUT2D eigenvalue weighted by Gasteiger charge is -2.11. The first kappa shape index (κ1) is 17.5. The highest BCUT2D eigenvalue weighted by atomic mass is 32.2. The molecule has 0 fully saturated rings. The number of hydrogen-bond donors (Lipinski definition) is 2. The molecule has 0 aliphatic carbocycles. The molecule has 0 unspecified atom stereocenters. The molecule has 8 heteroatoms. The van der Waals surface area contributed by atoms with Crippen LogP contribution < -0.4 is 14.8 Å². The Bertz CT molecular complexity index is 813. The lowest BCUT2D eigenvalue weighted by atomic mass is 10.2. The number of anilines is 1. The van der Waals surface area contributed by atoms with Crippen LogP contribution in [0.15, 0.2) is 34.5 Å². The summed E-state index contributed by atoms with van der Waals surface area (Å²) in [6, 6.07) is 8.59. The fraction of sp³-hybridized carbons (Fsp3) is 0.267. The molecule has 0 aliphatic rings. The lowest BCUT2D eigenvalue weighted by molar-refractivity contribution is -0.115. The van der Waals surface area contributed by atoms with E-state index in [2.05, 4.69) is 10.0 Å². The quantitative estimate of drug-likeness (QED) is 0.833. The number of nitrogens with one attached hydrogen (secondary N) is 2. The molecule has 1 aromatic carbocycles. The van der Waals surface area contributed by atoms with Crippen molar-refractivity contribution in [1.29, 1.82) is 0 Å². The van der Waals surface area contributed by atoms with Crippen molar-refractivity contribution in [2.45, 2.75) is 18.1 Å². The second kappa shape index (κ2) is 7.12. The smallest absolute Gasteiger partial charge is 0.250 e. The summed E-state index contributed by atoms with van der Waals surface area (Å²) in [6.07, 6.45) is 0. The van der Waals surface area contributed by atoms with Crippen molar-refractivity contribution >= 4 is 33.0 Å². The topological polar surface area (TPSA) is 84.5 Å². The SMILES string of the molecule is COc1ccc(C)cc1NC(=O)CNS(=O)(=O)c1ccc(C)s1.